The molecule has 0 aliphatic carbocycles. The van der Waals surface area contributed by atoms with Crippen molar-refractivity contribution in [2.75, 3.05) is 39.3 Å². The molecule has 0 saturated carbocycles. The number of hydrogen-bond donors (Lipinski definition) is 2. The van der Waals surface area contributed by atoms with Crippen LogP contribution in [0.1, 0.15) is 23.2 Å². The van der Waals surface area contributed by atoms with Crippen LogP contribution in [0.5, 0.6) is 0 Å². The second-order valence-electron chi connectivity index (χ2n) is 6.12. The highest BCUT2D eigenvalue weighted by Gasteiger charge is 2.29. The number of pyridine rings is 1. The molecule has 3 rings (SSSR count). The minimum atomic E-state index is -0.294. The van der Waals surface area contributed by atoms with E-state index in [9.17, 15) is 9.90 Å². The quantitative estimate of drug-likeness (QED) is 0.802. The molecule has 0 radical (unpaired) electrons. The molecule has 6 nitrogen and oxygen atoms in total. The first-order valence-electron chi connectivity index (χ1n) is 8.06. The summed E-state index contributed by atoms with van der Waals surface area (Å²) in [4.78, 5) is 20.7. The van der Waals surface area contributed by atoms with Crippen molar-refractivity contribution in [2.24, 2.45) is 0 Å². The van der Waals surface area contributed by atoms with Gasteiger partial charge >= 0.3 is 0 Å². The number of piperidine rings is 1. The van der Waals surface area contributed by atoms with Gasteiger partial charge in [0.25, 0.3) is 5.91 Å². The summed E-state index contributed by atoms with van der Waals surface area (Å²) in [6.45, 7) is 4.85. The summed E-state index contributed by atoms with van der Waals surface area (Å²) >= 11 is 0. The maximum Gasteiger partial charge on any atom is 0.255 e. The standard InChI is InChI=1S/C16H24N4O2/c21-15-11-18-6-9-20(12-15)14-3-7-19(8-4-14)16(22)13-2-1-5-17-10-13/h1-2,5,10,14-15,18,21H,3-4,6-9,11-12H2. The minimum Gasteiger partial charge on any atom is -0.390 e. The van der Waals surface area contributed by atoms with E-state index >= 15 is 0 Å². The van der Waals surface area contributed by atoms with E-state index in [1.165, 1.54) is 0 Å². The van der Waals surface area contributed by atoms with E-state index in [-0.39, 0.29) is 12.0 Å². The molecule has 2 aliphatic rings. The molecule has 1 amide bonds. The largest absolute Gasteiger partial charge is 0.390 e. The Labute approximate surface area is 131 Å². The van der Waals surface area contributed by atoms with Gasteiger partial charge in [0.05, 0.1) is 11.7 Å². The molecule has 0 bridgehead atoms. The smallest absolute Gasteiger partial charge is 0.255 e. The summed E-state index contributed by atoms with van der Waals surface area (Å²) in [5.74, 6) is 0.0733. The molecule has 0 aromatic carbocycles. The van der Waals surface area contributed by atoms with Crippen LogP contribution in [-0.2, 0) is 0 Å². The van der Waals surface area contributed by atoms with Gasteiger partial charge in [0, 0.05) is 57.7 Å². The molecule has 1 unspecified atom stereocenters. The van der Waals surface area contributed by atoms with Crippen LogP contribution in [-0.4, -0.2) is 77.2 Å². The van der Waals surface area contributed by atoms with E-state index in [0.29, 0.717) is 18.2 Å². The van der Waals surface area contributed by atoms with Gasteiger partial charge in [0.1, 0.15) is 0 Å². The molecule has 2 saturated heterocycles. The highest BCUT2D eigenvalue weighted by atomic mass is 16.3. The third-order valence-corrected chi connectivity index (χ3v) is 4.58. The first-order valence-corrected chi connectivity index (χ1v) is 8.06. The van der Waals surface area contributed by atoms with Crippen LogP contribution in [0.3, 0.4) is 0 Å². The van der Waals surface area contributed by atoms with E-state index in [0.717, 1.165) is 45.6 Å². The average molecular weight is 304 g/mol. The maximum atomic E-state index is 12.4. The van der Waals surface area contributed by atoms with Crippen LogP contribution in [0.2, 0.25) is 0 Å². The normalized spacial score (nSPS) is 25.0. The van der Waals surface area contributed by atoms with Crippen molar-refractivity contribution in [1.29, 1.82) is 0 Å². The number of rotatable bonds is 2. The molecule has 1 atom stereocenters. The second kappa shape index (κ2) is 7.17. The summed E-state index contributed by atoms with van der Waals surface area (Å²) < 4.78 is 0. The second-order valence-corrected chi connectivity index (χ2v) is 6.12. The van der Waals surface area contributed by atoms with Gasteiger partial charge in [-0.1, -0.05) is 0 Å². The average Bonchev–Trinajstić information content (AvgIpc) is 2.80. The third-order valence-electron chi connectivity index (χ3n) is 4.58. The van der Waals surface area contributed by atoms with Gasteiger partial charge in [-0.05, 0) is 25.0 Å². The monoisotopic (exact) mass is 304 g/mol. The number of aliphatic hydroxyl groups excluding tert-OH is 1. The SMILES string of the molecule is O=C(c1cccnc1)N1CCC(N2CCNCC(O)C2)CC1. The highest BCUT2D eigenvalue weighted by Crippen LogP contribution is 2.19. The fourth-order valence-electron chi connectivity index (χ4n) is 3.36. The molecular weight excluding hydrogens is 280 g/mol. The molecule has 1 aromatic rings. The number of aliphatic hydroxyl groups is 1. The molecule has 6 heteroatoms. The fourth-order valence-corrected chi connectivity index (χ4v) is 3.36. The Morgan fingerprint density at radius 2 is 2.14 bits per heavy atom. The summed E-state index contributed by atoms with van der Waals surface area (Å²) in [5.41, 5.74) is 0.662. The van der Waals surface area contributed by atoms with E-state index < -0.39 is 0 Å². The number of amides is 1. The molecule has 120 valence electrons. The van der Waals surface area contributed by atoms with Crippen molar-refractivity contribution in [3.05, 3.63) is 30.1 Å². The van der Waals surface area contributed by atoms with Gasteiger partial charge in [0.15, 0.2) is 0 Å². The third kappa shape index (κ3) is 3.63. The summed E-state index contributed by atoms with van der Waals surface area (Å²) in [7, 11) is 0. The zero-order valence-electron chi connectivity index (χ0n) is 12.8. The Morgan fingerprint density at radius 1 is 1.32 bits per heavy atom. The Balaban J connectivity index is 1.55. The maximum absolute atomic E-state index is 12.4. The zero-order chi connectivity index (χ0) is 15.4. The van der Waals surface area contributed by atoms with E-state index in [1.54, 1.807) is 18.5 Å². The van der Waals surface area contributed by atoms with E-state index in [2.05, 4.69) is 15.2 Å². The number of β-amino-alcohol motifs (C(OH)–C–C–N with tert-alkyl or cyclic N) is 1. The predicted octanol–water partition coefficient (Wildman–Crippen LogP) is -0.0477. The molecule has 2 fully saturated rings. The molecule has 1 aromatic heterocycles. The van der Waals surface area contributed by atoms with Crippen LogP contribution in [0, 0.1) is 0 Å². The van der Waals surface area contributed by atoms with Crippen molar-refractivity contribution in [3.63, 3.8) is 0 Å². The summed E-state index contributed by atoms with van der Waals surface area (Å²) in [6.07, 6.45) is 4.96. The molecule has 22 heavy (non-hydrogen) atoms. The number of likely N-dealkylation sites (tertiary alicyclic amines) is 1. The van der Waals surface area contributed by atoms with Crippen molar-refractivity contribution < 1.29 is 9.90 Å². The molecule has 0 spiro atoms. The fraction of sp³-hybridized carbons (Fsp3) is 0.625. The number of nitrogens with one attached hydrogen (secondary N) is 1. The van der Waals surface area contributed by atoms with Gasteiger partial charge in [-0.25, -0.2) is 0 Å². The van der Waals surface area contributed by atoms with Gasteiger partial charge in [-0.2, -0.15) is 0 Å². The van der Waals surface area contributed by atoms with Gasteiger partial charge in [-0.3, -0.25) is 14.7 Å². The lowest BCUT2D eigenvalue weighted by Crippen LogP contribution is -2.48. The van der Waals surface area contributed by atoms with Crippen LogP contribution in [0.15, 0.2) is 24.5 Å². The molecular formula is C16H24N4O2. The van der Waals surface area contributed by atoms with Crippen molar-refractivity contribution in [3.8, 4) is 0 Å². The molecule has 2 N–H and O–H groups in total. The number of hydrogen-bond acceptors (Lipinski definition) is 5. The number of aromatic nitrogens is 1. The Morgan fingerprint density at radius 3 is 2.86 bits per heavy atom. The lowest BCUT2D eigenvalue weighted by molar-refractivity contribution is 0.0539. The van der Waals surface area contributed by atoms with Gasteiger partial charge < -0.3 is 15.3 Å². The van der Waals surface area contributed by atoms with E-state index in [4.69, 9.17) is 0 Å². The van der Waals surface area contributed by atoms with Crippen LogP contribution in [0.25, 0.3) is 0 Å². The number of carbonyl (C=O) groups is 1. The highest BCUT2D eigenvalue weighted by molar-refractivity contribution is 5.93. The van der Waals surface area contributed by atoms with Crippen LogP contribution < -0.4 is 5.32 Å². The topological polar surface area (TPSA) is 68.7 Å². The summed E-state index contributed by atoms with van der Waals surface area (Å²) in [5, 5.41) is 13.2. The summed E-state index contributed by atoms with van der Waals surface area (Å²) in [6, 6.07) is 4.08. The lowest BCUT2D eigenvalue weighted by Gasteiger charge is -2.38. The molecule has 2 aliphatic heterocycles. The Kier molecular flexibility index (Phi) is 5.02. The van der Waals surface area contributed by atoms with Crippen molar-refractivity contribution in [2.45, 2.75) is 25.0 Å². The van der Waals surface area contributed by atoms with Crippen LogP contribution in [0.4, 0.5) is 0 Å². The van der Waals surface area contributed by atoms with Crippen molar-refractivity contribution in [1.82, 2.24) is 20.1 Å². The minimum absolute atomic E-state index is 0.0733. The predicted molar refractivity (Wildman–Crippen MR) is 83.6 cm³/mol. The van der Waals surface area contributed by atoms with Gasteiger partial charge in [0.2, 0.25) is 0 Å². The van der Waals surface area contributed by atoms with Crippen molar-refractivity contribution >= 4 is 5.91 Å². The van der Waals surface area contributed by atoms with Crippen LogP contribution >= 0.6 is 0 Å². The molecule has 3 heterocycles. The number of carbonyl (C=O) groups excluding carboxylic acids is 1. The Hall–Kier alpha value is -1.50. The van der Waals surface area contributed by atoms with E-state index in [1.807, 2.05) is 11.0 Å². The zero-order valence-corrected chi connectivity index (χ0v) is 12.8. The number of nitrogens with zero attached hydrogens (tertiary/aromatic N) is 3. The lowest BCUT2D eigenvalue weighted by atomic mass is 10.0. The van der Waals surface area contributed by atoms with Gasteiger partial charge in [-0.15, -0.1) is 0 Å². The first-order chi connectivity index (χ1) is 10.7. The Bertz CT molecular complexity index is 488. The first kappa shape index (κ1) is 15.4.